The average molecular weight is 354 g/mol. The zero-order valence-electron chi connectivity index (χ0n) is 14.5. The van der Waals surface area contributed by atoms with Crippen LogP contribution >= 0.6 is 0 Å². The Morgan fingerprint density at radius 3 is 2.81 bits per heavy atom. The number of fused-ring (bicyclic) bond motifs is 1. The summed E-state index contributed by atoms with van der Waals surface area (Å²) in [5.41, 5.74) is 4.25. The van der Waals surface area contributed by atoms with Crippen molar-refractivity contribution in [2.24, 2.45) is 0 Å². The lowest BCUT2D eigenvalue weighted by molar-refractivity contribution is 0.0951. The molecule has 2 N–H and O–H groups in total. The van der Waals surface area contributed by atoms with Crippen LogP contribution in [-0.2, 0) is 6.54 Å². The molecule has 0 aliphatic heterocycles. The summed E-state index contributed by atoms with van der Waals surface area (Å²) in [5.74, 6) is -0.709. The highest BCUT2D eigenvalue weighted by molar-refractivity contribution is 6.07. The fraction of sp³-hybridized carbons (Fsp3) is 0.211. The maximum atomic E-state index is 13.3. The van der Waals surface area contributed by atoms with Gasteiger partial charge in [-0.1, -0.05) is 12.1 Å². The van der Waals surface area contributed by atoms with E-state index in [4.69, 9.17) is 0 Å². The molecule has 2 heterocycles. The molecule has 134 valence electrons. The van der Waals surface area contributed by atoms with Crippen LogP contribution in [0.1, 0.15) is 28.5 Å². The highest BCUT2D eigenvalue weighted by Crippen LogP contribution is 2.18. The summed E-state index contributed by atoms with van der Waals surface area (Å²) < 4.78 is 14.7. The first-order chi connectivity index (χ1) is 12.5. The summed E-state index contributed by atoms with van der Waals surface area (Å²) >= 11 is 0. The zero-order valence-corrected chi connectivity index (χ0v) is 14.5. The van der Waals surface area contributed by atoms with Gasteiger partial charge in [-0.25, -0.2) is 9.07 Å². The Morgan fingerprint density at radius 1 is 1.27 bits per heavy atom. The molecule has 0 aliphatic carbocycles. The predicted molar refractivity (Wildman–Crippen MR) is 98.2 cm³/mol. The molecule has 1 aromatic carbocycles. The Balaban J connectivity index is 2.02. The highest BCUT2D eigenvalue weighted by atomic mass is 19.1. The summed E-state index contributed by atoms with van der Waals surface area (Å²) in [6.45, 7) is 4.28. The number of rotatable bonds is 5. The number of carbonyl (C=O) groups excluding carboxylic acids is 1. The molecule has 2 aromatic heterocycles. The van der Waals surface area contributed by atoms with Gasteiger partial charge in [-0.3, -0.25) is 14.6 Å². The van der Waals surface area contributed by atoms with Gasteiger partial charge in [-0.15, -0.1) is 0 Å². The molecule has 0 saturated carbocycles. The molecule has 0 atom stereocenters. The van der Waals surface area contributed by atoms with E-state index in [0.717, 1.165) is 0 Å². The number of hydrogen-bond donors (Lipinski definition) is 2. The normalized spacial score (nSPS) is 10.7. The van der Waals surface area contributed by atoms with Crippen LogP contribution in [0, 0.1) is 12.7 Å². The first-order valence-electron chi connectivity index (χ1n) is 8.28. The topological polar surface area (TPSA) is 76.0 Å². The second kappa shape index (κ2) is 7.35. The summed E-state index contributed by atoms with van der Waals surface area (Å²) in [7, 11) is 0. The van der Waals surface area contributed by atoms with Crippen LogP contribution < -0.4 is 16.3 Å². The van der Waals surface area contributed by atoms with Gasteiger partial charge in [-0.2, -0.15) is 0 Å². The van der Waals surface area contributed by atoms with Crippen molar-refractivity contribution < 1.29 is 9.18 Å². The van der Waals surface area contributed by atoms with E-state index in [9.17, 15) is 14.0 Å². The molecule has 0 saturated heterocycles. The number of aromatic nitrogens is 2. The van der Waals surface area contributed by atoms with Crippen LogP contribution in [0.5, 0.6) is 0 Å². The summed E-state index contributed by atoms with van der Waals surface area (Å²) in [4.78, 5) is 29.5. The standard InChI is InChI=1S/C19H19FN4O2/c1-3-23-24-12(2)17(16-11-21-8-7-15(16)19(24)26)18(25)22-10-13-5-4-6-14(20)9-13/h4-9,11,23H,3,10H2,1-2H3,(H,22,25). The van der Waals surface area contributed by atoms with Crippen molar-refractivity contribution in [3.8, 4) is 0 Å². The summed E-state index contributed by atoms with van der Waals surface area (Å²) in [6, 6.07) is 7.63. The maximum absolute atomic E-state index is 13.3. The van der Waals surface area contributed by atoms with Crippen LogP contribution in [0.4, 0.5) is 4.39 Å². The molecule has 3 aromatic rings. The van der Waals surface area contributed by atoms with Gasteiger partial charge in [0.05, 0.1) is 16.6 Å². The Kier molecular flexibility index (Phi) is 4.97. The van der Waals surface area contributed by atoms with E-state index >= 15 is 0 Å². The van der Waals surface area contributed by atoms with Gasteiger partial charge >= 0.3 is 0 Å². The van der Waals surface area contributed by atoms with Crippen molar-refractivity contribution in [1.82, 2.24) is 15.0 Å². The first kappa shape index (κ1) is 17.6. The first-order valence-corrected chi connectivity index (χ1v) is 8.28. The average Bonchev–Trinajstić information content (AvgIpc) is 2.64. The lowest BCUT2D eigenvalue weighted by Gasteiger charge is -2.17. The Morgan fingerprint density at radius 2 is 2.08 bits per heavy atom. The minimum atomic E-state index is -0.358. The molecule has 0 radical (unpaired) electrons. The number of pyridine rings is 2. The second-order valence-corrected chi connectivity index (χ2v) is 5.85. The third-order valence-corrected chi connectivity index (χ3v) is 4.11. The van der Waals surface area contributed by atoms with Gasteiger partial charge < -0.3 is 10.7 Å². The van der Waals surface area contributed by atoms with Crippen molar-refractivity contribution in [3.63, 3.8) is 0 Å². The summed E-state index contributed by atoms with van der Waals surface area (Å²) in [6.07, 6.45) is 3.03. The van der Waals surface area contributed by atoms with Crippen molar-refractivity contribution in [1.29, 1.82) is 0 Å². The van der Waals surface area contributed by atoms with Gasteiger partial charge in [0, 0.05) is 30.9 Å². The molecule has 26 heavy (non-hydrogen) atoms. The molecular weight excluding hydrogens is 335 g/mol. The predicted octanol–water partition coefficient (Wildman–Crippen LogP) is 2.34. The molecule has 0 fully saturated rings. The smallest absolute Gasteiger partial charge is 0.277 e. The van der Waals surface area contributed by atoms with E-state index in [1.54, 1.807) is 25.1 Å². The lowest BCUT2D eigenvalue weighted by Crippen LogP contribution is -2.34. The van der Waals surface area contributed by atoms with Crippen molar-refractivity contribution >= 4 is 16.7 Å². The van der Waals surface area contributed by atoms with Crippen LogP contribution in [0.15, 0.2) is 47.5 Å². The van der Waals surface area contributed by atoms with Crippen molar-refractivity contribution in [2.45, 2.75) is 20.4 Å². The Hall–Kier alpha value is -3.22. The maximum Gasteiger partial charge on any atom is 0.277 e. The largest absolute Gasteiger partial charge is 0.348 e. The van der Waals surface area contributed by atoms with Gasteiger partial charge in [0.2, 0.25) is 0 Å². The number of nitrogens with zero attached hydrogens (tertiary/aromatic N) is 2. The van der Waals surface area contributed by atoms with Gasteiger partial charge in [-0.05, 0) is 37.6 Å². The molecule has 0 bridgehead atoms. The molecule has 0 unspecified atom stereocenters. The van der Waals surface area contributed by atoms with Crippen LogP contribution in [0.2, 0.25) is 0 Å². The molecule has 0 aliphatic rings. The fourth-order valence-electron chi connectivity index (χ4n) is 2.91. The number of amides is 1. The number of benzene rings is 1. The molecule has 3 rings (SSSR count). The van der Waals surface area contributed by atoms with E-state index in [0.29, 0.717) is 34.1 Å². The number of halogens is 1. The Labute approximate surface area is 149 Å². The Bertz CT molecular complexity index is 1030. The van der Waals surface area contributed by atoms with Crippen molar-refractivity contribution in [3.05, 3.63) is 75.7 Å². The van der Waals surface area contributed by atoms with Crippen LogP contribution in [0.3, 0.4) is 0 Å². The molecule has 0 spiro atoms. The quantitative estimate of drug-likeness (QED) is 0.737. The number of nitrogens with one attached hydrogen (secondary N) is 2. The van der Waals surface area contributed by atoms with E-state index in [1.807, 2.05) is 6.92 Å². The minimum Gasteiger partial charge on any atom is -0.348 e. The minimum absolute atomic E-state index is 0.179. The van der Waals surface area contributed by atoms with Gasteiger partial charge in [0.1, 0.15) is 5.82 Å². The molecule has 6 nitrogen and oxygen atoms in total. The van der Waals surface area contributed by atoms with E-state index < -0.39 is 0 Å². The highest BCUT2D eigenvalue weighted by Gasteiger charge is 2.19. The van der Waals surface area contributed by atoms with Crippen LogP contribution in [0.25, 0.3) is 10.8 Å². The molecule has 7 heteroatoms. The summed E-state index contributed by atoms with van der Waals surface area (Å²) in [5, 5.41) is 3.68. The molecule has 1 amide bonds. The molecular formula is C19H19FN4O2. The van der Waals surface area contributed by atoms with Gasteiger partial charge in [0.25, 0.3) is 11.5 Å². The van der Waals surface area contributed by atoms with E-state index in [2.05, 4.69) is 15.7 Å². The third kappa shape index (κ3) is 3.28. The van der Waals surface area contributed by atoms with Gasteiger partial charge in [0.15, 0.2) is 0 Å². The van der Waals surface area contributed by atoms with Crippen molar-refractivity contribution in [2.75, 3.05) is 12.0 Å². The lowest BCUT2D eigenvalue weighted by atomic mass is 10.1. The zero-order chi connectivity index (χ0) is 18.7. The van der Waals surface area contributed by atoms with E-state index in [1.165, 1.54) is 29.2 Å². The SMILES string of the molecule is CCNn1c(C)c(C(=O)NCc2cccc(F)c2)c2cnccc2c1=O. The van der Waals surface area contributed by atoms with Crippen LogP contribution in [-0.4, -0.2) is 22.1 Å². The number of carbonyl (C=O) groups is 1. The number of hydrogen-bond acceptors (Lipinski definition) is 4. The monoisotopic (exact) mass is 354 g/mol. The fourth-order valence-corrected chi connectivity index (χ4v) is 2.91. The third-order valence-electron chi connectivity index (χ3n) is 4.11. The second-order valence-electron chi connectivity index (χ2n) is 5.85. The van der Waals surface area contributed by atoms with E-state index in [-0.39, 0.29) is 23.8 Å².